The number of fused-ring (bicyclic) bond motifs is 1. The first-order chi connectivity index (χ1) is 13.5. The second-order valence-corrected chi connectivity index (χ2v) is 7.48. The van der Waals surface area contributed by atoms with E-state index in [1.54, 1.807) is 24.1 Å². The Morgan fingerprint density at radius 1 is 1.29 bits per heavy atom. The van der Waals surface area contributed by atoms with Crippen molar-refractivity contribution in [3.05, 3.63) is 45.2 Å². The first-order valence-electron chi connectivity index (χ1n) is 8.39. The van der Waals surface area contributed by atoms with Gasteiger partial charge in [-0.25, -0.2) is 4.98 Å². The van der Waals surface area contributed by atoms with Crippen LogP contribution in [0.1, 0.15) is 10.6 Å². The number of carbonyl (C=O) groups is 1. The molecule has 0 radical (unpaired) electrons. The van der Waals surface area contributed by atoms with E-state index >= 15 is 0 Å². The first kappa shape index (κ1) is 18.5. The number of carbonyl (C=O) groups excluding carboxylic acids is 1. The van der Waals surface area contributed by atoms with E-state index in [4.69, 9.17) is 20.8 Å². The van der Waals surface area contributed by atoms with Crippen LogP contribution in [0.2, 0.25) is 5.02 Å². The summed E-state index contributed by atoms with van der Waals surface area (Å²) in [7, 11) is 1.59. The highest BCUT2D eigenvalue weighted by atomic mass is 35.5. The van der Waals surface area contributed by atoms with Crippen LogP contribution in [0, 0.1) is 10.1 Å². The molecule has 11 heteroatoms. The van der Waals surface area contributed by atoms with Crippen LogP contribution in [0.25, 0.3) is 10.2 Å². The zero-order valence-corrected chi connectivity index (χ0v) is 16.3. The van der Waals surface area contributed by atoms with Gasteiger partial charge in [-0.3, -0.25) is 14.9 Å². The number of hydrogen-bond donors (Lipinski definition) is 0. The first-order valence-corrected chi connectivity index (χ1v) is 9.59. The summed E-state index contributed by atoms with van der Waals surface area (Å²) in [5.74, 6) is -0.171. The van der Waals surface area contributed by atoms with Crippen LogP contribution >= 0.6 is 22.9 Å². The number of hydrogen-bond acceptors (Lipinski definition) is 8. The lowest BCUT2D eigenvalue weighted by Gasteiger charge is -2.34. The van der Waals surface area contributed by atoms with Crippen molar-refractivity contribution in [2.75, 3.05) is 38.2 Å². The highest BCUT2D eigenvalue weighted by Gasteiger charge is 2.27. The molecular weight excluding hydrogens is 408 g/mol. The Morgan fingerprint density at radius 3 is 2.68 bits per heavy atom. The second kappa shape index (κ2) is 7.28. The maximum Gasteiger partial charge on any atom is 0.433 e. The smallest absolute Gasteiger partial charge is 0.433 e. The third kappa shape index (κ3) is 3.25. The van der Waals surface area contributed by atoms with Crippen LogP contribution in [0.15, 0.2) is 28.7 Å². The van der Waals surface area contributed by atoms with Crippen LogP contribution in [0.3, 0.4) is 0 Å². The van der Waals surface area contributed by atoms with Crippen LogP contribution in [0.4, 0.5) is 11.0 Å². The average Bonchev–Trinajstić information content (AvgIpc) is 3.36. The number of ether oxygens (including phenoxy) is 1. The van der Waals surface area contributed by atoms with Crippen molar-refractivity contribution in [1.29, 1.82) is 0 Å². The molecule has 1 aromatic carbocycles. The molecule has 0 saturated carbocycles. The van der Waals surface area contributed by atoms with Crippen molar-refractivity contribution < 1.29 is 18.9 Å². The SMILES string of the molecule is COc1ccc(Cl)c2sc(N3CCN(C(=O)c4ccc([N+](=O)[O-])o4)CC3)nc12. The van der Waals surface area contributed by atoms with E-state index in [2.05, 4.69) is 9.88 Å². The Kier molecular flexibility index (Phi) is 4.82. The number of nitro groups is 1. The maximum absolute atomic E-state index is 12.5. The van der Waals surface area contributed by atoms with Gasteiger partial charge in [0.15, 0.2) is 10.9 Å². The van der Waals surface area contributed by atoms with Gasteiger partial charge in [0.05, 0.1) is 22.9 Å². The van der Waals surface area contributed by atoms with E-state index in [0.717, 1.165) is 15.3 Å². The zero-order valence-electron chi connectivity index (χ0n) is 14.8. The number of aromatic nitrogens is 1. The van der Waals surface area contributed by atoms with E-state index in [0.29, 0.717) is 37.0 Å². The summed E-state index contributed by atoms with van der Waals surface area (Å²) in [6.07, 6.45) is 0. The molecule has 0 N–H and O–H groups in total. The topological polar surface area (TPSA) is 102 Å². The van der Waals surface area contributed by atoms with Crippen molar-refractivity contribution in [2.24, 2.45) is 0 Å². The Bertz CT molecular complexity index is 1060. The number of piperazine rings is 1. The summed E-state index contributed by atoms with van der Waals surface area (Å²) >= 11 is 7.76. The van der Waals surface area contributed by atoms with Crippen LogP contribution in [-0.4, -0.2) is 54.0 Å². The van der Waals surface area contributed by atoms with E-state index < -0.39 is 10.8 Å². The quantitative estimate of drug-likeness (QED) is 0.468. The fourth-order valence-corrected chi connectivity index (χ4v) is 4.35. The van der Waals surface area contributed by atoms with Crippen molar-refractivity contribution >= 4 is 50.1 Å². The molecule has 3 aromatic rings. The lowest BCUT2D eigenvalue weighted by Crippen LogP contribution is -2.48. The van der Waals surface area contributed by atoms with Crippen molar-refractivity contribution in [1.82, 2.24) is 9.88 Å². The molecule has 0 atom stereocenters. The normalized spacial score (nSPS) is 14.5. The van der Waals surface area contributed by atoms with E-state index in [9.17, 15) is 14.9 Å². The molecule has 0 unspecified atom stereocenters. The highest BCUT2D eigenvalue weighted by Crippen LogP contribution is 2.38. The number of thiazole rings is 1. The molecule has 0 spiro atoms. The summed E-state index contributed by atoms with van der Waals surface area (Å²) in [6, 6.07) is 6.08. The van der Waals surface area contributed by atoms with E-state index in [1.807, 2.05) is 0 Å². The molecule has 1 aliphatic heterocycles. The van der Waals surface area contributed by atoms with E-state index in [-0.39, 0.29) is 11.7 Å². The fourth-order valence-electron chi connectivity index (χ4n) is 3.04. The minimum atomic E-state index is -0.665. The third-order valence-electron chi connectivity index (χ3n) is 4.49. The van der Waals surface area contributed by atoms with E-state index in [1.165, 1.54) is 23.5 Å². The number of methoxy groups -OCH3 is 1. The minimum Gasteiger partial charge on any atom is -0.494 e. The van der Waals surface area contributed by atoms with Gasteiger partial charge < -0.3 is 19.0 Å². The number of benzene rings is 1. The monoisotopic (exact) mass is 422 g/mol. The Hall–Kier alpha value is -2.85. The lowest BCUT2D eigenvalue weighted by molar-refractivity contribution is -0.402. The van der Waals surface area contributed by atoms with Crippen molar-refractivity contribution in [3.8, 4) is 5.75 Å². The highest BCUT2D eigenvalue weighted by molar-refractivity contribution is 7.22. The maximum atomic E-state index is 12.5. The number of anilines is 1. The summed E-state index contributed by atoms with van der Waals surface area (Å²) in [4.78, 5) is 30.9. The van der Waals surface area contributed by atoms with Crippen LogP contribution in [0.5, 0.6) is 5.75 Å². The van der Waals surface area contributed by atoms with Gasteiger partial charge in [0.25, 0.3) is 5.91 Å². The standard InChI is InChI=1S/C17H15ClN4O5S/c1-26-11-3-2-10(18)15-14(11)19-17(28-15)21-8-6-20(7-9-21)16(23)12-4-5-13(27-12)22(24)25/h2-5H,6-9H2,1H3. The Morgan fingerprint density at radius 2 is 2.04 bits per heavy atom. The van der Waals surface area contributed by atoms with Crippen molar-refractivity contribution in [2.45, 2.75) is 0 Å². The average molecular weight is 423 g/mol. The Labute approximate surface area is 168 Å². The molecule has 1 saturated heterocycles. The minimum absolute atomic E-state index is 0.0309. The lowest BCUT2D eigenvalue weighted by atomic mass is 10.3. The van der Waals surface area contributed by atoms with Crippen LogP contribution < -0.4 is 9.64 Å². The molecule has 0 bridgehead atoms. The third-order valence-corrected chi connectivity index (χ3v) is 6.06. The predicted molar refractivity (Wildman–Crippen MR) is 105 cm³/mol. The van der Waals surface area contributed by atoms with Crippen molar-refractivity contribution in [3.63, 3.8) is 0 Å². The summed E-state index contributed by atoms with van der Waals surface area (Å²) in [5, 5.41) is 12.1. The molecular formula is C17H15ClN4O5S. The predicted octanol–water partition coefficient (Wildman–Crippen LogP) is 3.42. The zero-order chi connectivity index (χ0) is 19.8. The van der Waals surface area contributed by atoms with Gasteiger partial charge in [-0.2, -0.15) is 0 Å². The Balaban J connectivity index is 1.48. The summed E-state index contributed by atoms with van der Waals surface area (Å²) < 4.78 is 11.2. The summed E-state index contributed by atoms with van der Waals surface area (Å²) in [5.41, 5.74) is 0.719. The number of furan rings is 1. The number of nitrogens with zero attached hydrogens (tertiary/aromatic N) is 4. The molecule has 3 heterocycles. The molecule has 146 valence electrons. The van der Waals surface area contributed by atoms with Gasteiger partial charge in [-0.05, 0) is 18.2 Å². The molecule has 1 aliphatic rings. The van der Waals surface area contributed by atoms with Gasteiger partial charge in [-0.15, -0.1) is 0 Å². The molecule has 0 aliphatic carbocycles. The number of rotatable bonds is 4. The molecule has 9 nitrogen and oxygen atoms in total. The second-order valence-electron chi connectivity index (χ2n) is 6.10. The van der Waals surface area contributed by atoms with Gasteiger partial charge in [0.2, 0.25) is 0 Å². The molecule has 28 heavy (non-hydrogen) atoms. The number of halogens is 1. The van der Waals surface area contributed by atoms with Crippen LogP contribution in [-0.2, 0) is 0 Å². The fraction of sp³-hybridized carbons (Fsp3) is 0.294. The molecule has 1 amide bonds. The van der Waals surface area contributed by atoms with Gasteiger partial charge >= 0.3 is 5.88 Å². The molecule has 1 fully saturated rings. The molecule has 2 aromatic heterocycles. The van der Waals surface area contributed by atoms with Gasteiger partial charge in [0, 0.05) is 26.2 Å². The summed E-state index contributed by atoms with van der Waals surface area (Å²) in [6.45, 7) is 2.06. The largest absolute Gasteiger partial charge is 0.494 e. The number of amides is 1. The van der Waals surface area contributed by atoms with Gasteiger partial charge in [0.1, 0.15) is 16.2 Å². The van der Waals surface area contributed by atoms with Gasteiger partial charge in [-0.1, -0.05) is 22.9 Å². The molecule has 4 rings (SSSR count).